The van der Waals surface area contributed by atoms with E-state index in [1.807, 2.05) is 24.3 Å². The number of benzene rings is 2. The van der Waals surface area contributed by atoms with E-state index in [9.17, 15) is 14.4 Å². The van der Waals surface area contributed by atoms with Gasteiger partial charge in [0.1, 0.15) is 6.61 Å². The molecule has 2 atom stereocenters. The zero-order valence-corrected chi connectivity index (χ0v) is 17.8. The summed E-state index contributed by atoms with van der Waals surface area (Å²) in [5.74, 6) is -1.90. The standard InChI is InChI=1S/C24H28N2O5/c1-3-16(23(28)29)13-25-22(27)12-15(2)26-24(30)31-14-21-19-10-6-4-8-17(19)18-9-5-7-11-20(18)21/h4-11,15-16,21H,3,12-14H2,1-2H3,(H,25,27)(H,26,30)(H,28,29)/t15-,16?/m0/s1. The first-order valence-electron chi connectivity index (χ1n) is 10.5. The van der Waals surface area contributed by atoms with Gasteiger partial charge in [0.05, 0.1) is 5.92 Å². The molecule has 0 radical (unpaired) electrons. The summed E-state index contributed by atoms with van der Waals surface area (Å²) in [5, 5.41) is 14.3. The predicted octanol–water partition coefficient (Wildman–Crippen LogP) is 3.53. The number of carbonyl (C=O) groups is 3. The molecule has 0 spiro atoms. The van der Waals surface area contributed by atoms with E-state index in [4.69, 9.17) is 9.84 Å². The lowest BCUT2D eigenvalue weighted by Gasteiger charge is -2.17. The SMILES string of the molecule is CCC(CNC(=O)C[C@H](C)NC(=O)OCC1c2ccccc2-c2ccccc21)C(=O)O. The number of rotatable bonds is 9. The number of alkyl carbamates (subject to hydrolysis) is 1. The third-order valence-electron chi connectivity index (χ3n) is 5.59. The van der Waals surface area contributed by atoms with Crippen molar-refractivity contribution in [2.75, 3.05) is 13.2 Å². The van der Waals surface area contributed by atoms with Gasteiger partial charge >= 0.3 is 12.1 Å². The Hall–Kier alpha value is -3.35. The van der Waals surface area contributed by atoms with Crippen LogP contribution in [-0.4, -0.2) is 42.3 Å². The summed E-state index contributed by atoms with van der Waals surface area (Å²) in [7, 11) is 0. The third kappa shape index (κ3) is 5.42. The van der Waals surface area contributed by atoms with Crippen molar-refractivity contribution in [2.24, 2.45) is 5.92 Å². The van der Waals surface area contributed by atoms with E-state index in [-0.39, 0.29) is 31.4 Å². The van der Waals surface area contributed by atoms with Crippen LogP contribution in [0, 0.1) is 5.92 Å². The second-order valence-corrected chi connectivity index (χ2v) is 7.82. The lowest BCUT2D eigenvalue weighted by molar-refractivity contribution is -0.141. The van der Waals surface area contributed by atoms with E-state index < -0.39 is 24.0 Å². The summed E-state index contributed by atoms with van der Waals surface area (Å²) < 4.78 is 5.48. The van der Waals surface area contributed by atoms with Crippen LogP contribution in [0.3, 0.4) is 0 Å². The van der Waals surface area contributed by atoms with Gasteiger partial charge in [0.25, 0.3) is 0 Å². The molecule has 0 aromatic heterocycles. The molecule has 1 unspecified atom stereocenters. The van der Waals surface area contributed by atoms with Gasteiger partial charge in [0.2, 0.25) is 5.91 Å². The quantitative estimate of drug-likeness (QED) is 0.571. The first kappa shape index (κ1) is 22.3. The molecule has 2 amide bonds. The maximum Gasteiger partial charge on any atom is 0.407 e. The van der Waals surface area contributed by atoms with E-state index in [0.717, 1.165) is 22.3 Å². The molecule has 0 fully saturated rings. The van der Waals surface area contributed by atoms with Gasteiger partial charge in [0, 0.05) is 24.9 Å². The van der Waals surface area contributed by atoms with Crippen LogP contribution in [0.5, 0.6) is 0 Å². The summed E-state index contributed by atoms with van der Waals surface area (Å²) in [6.45, 7) is 3.74. The summed E-state index contributed by atoms with van der Waals surface area (Å²) in [4.78, 5) is 35.3. The highest BCUT2D eigenvalue weighted by molar-refractivity contribution is 5.80. The number of ether oxygens (including phenoxy) is 1. The van der Waals surface area contributed by atoms with Crippen molar-refractivity contribution in [1.29, 1.82) is 0 Å². The molecule has 2 aromatic rings. The van der Waals surface area contributed by atoms with E-state index in [0.29, 0.717) is 6.42 Å². The van der Waals surface area contributed by atoms with Gasteiger partial charge in [-0.15, -0.1) is 0 Å². The van der Waals surface area contributed by atoms with Gasteiger partial charge in [-0.1, -0.05) is 55.5 Å². The molecule has 164 valence electrons. The number of aliphatic carboxylic acids is 1. The first-order chi connectivity index (χ1) is 14.9. The molecule has 3 N–H and O–H groups in total. The van der Waals surface area contributed by atoms with Gasteiger partial charge < -0.3 is 20.5 Å². The number of hydrogen-bond donors (Lipinski definition) is 3. The minimum Gasteiger partial charge on any atom is -0.481 e. The highest BCUT2D eigenvalue weighted by Crippen LogP contribution is 2.44. The molecular formula is C24H28N2O5. The molecule has 0 saturated heterocycles. The Bertz CT molecular complexity index is 913. The zero-order valence-electron chi connectivity index (χ0n) is 17.8. The summed E-state index contributed by atoms with van der Waals surface area (Å²) >= 11 is 0. The van der Waals surface area contributed by atoms with Crippen molar-refractivity contribution in [3.63, 3.8) is 0 Å². The number of nitrogens with one attached hydrogen (secondary N) is 2. The van der Waals surface area contributed by atoms with Crippen LogP contribution in [0.1, 0.15) is 43.7 Å². The Morgan fingerprint density at radius 3 is 2.16 bits per heavy atom. The number of amides is 2. The molecule has 3 rings (SSSR count). The van der Waals surface area contributed by atoms with Crippen LogP contribution in [-0.2, 0) is 14.3 Å². The molecule has 0 aliphatic heterocycles. The molecule has 0 bridgehead atoms. The number of carboxylic acids is 1. The molecule has 1 aliphatic carbocycles. The van der Waals surface area contributed by atoms with Crippen molar-refractivity contribution in [1.82, 2.24) is 10.6 Å². The van der Waals surface area contributed by atoms with Crippen molar-refractivity contribution in [2.45, 2.75) is 38.6 Å². The maximum atomic E-state index is 12.3. The zero-order chi connectivity index (χ0) is 22.4. The summed E-state index contributed by atoms with van der Waals surface area (Å²) in [6, 6.07) is 15.8. The van der Waals surface area contributed by atoms with Crippen LogP contribution >= 0.6 is 0 Å². The Morgan fingerprint density at radius 2 is 1.61 bits per heavy atom. The molecule has 7 heteroatoms. The third-order valence-corrected chi connectivity index (χ3v) is 5.59. The molecule has 0 saturated carbocycles. The van der Waals surface area contributed by atoms with Gasteiger partial charge in [-0.2, -0.15) is 0 Å². The molecule has 7 nitrogen and oxygen atoms in total. The van der Waals surface area contributed by atoms with E-state index in [2.05, 4.69) is 34.9 Å². The van der Waals surface area contributed by atoms with Crippen molar-refractivity contribution in [3.05, 3.63) is 59.7 Å². The second kappa shape index (κ2) is 10.1. The maximum absolute atomic E-state index is 12.3. The highest BCUT2D eigenvalue weighted by atomic mass is 16.5. The van der Waals surface area contributed by atoms with Crippen LogP contribution in [0.25, 0.3) is 11.1 Å². The number of fused-ring (bicyclic) bond motifs is 3. The van der Waals surface area contributed by atoms with Crippen LogP contribution in [0.15, 0.2) is 48.5 Å². The normalized spacial score (nSPS) is 14.1. The fourth-order valence-electron chi connectivity index (χ4n) is 3.89. The average molecular weight is 424 g/mol. The van der Waals surface area contributed by atoms with Crippen molar-refractivity contribution >= 4 is 18.0 Å². The van der Waals surface area contributed by atoms with Crippen LogP contribution in [0.2, 0.25) is 0 Å². The predicted molar refractivity (Wildman–Crippen MR) is 117 cm³/mol. The molecule has 0 heterocycles. The molecule has 1 aliphatic rings. The minimum atomic E-state index is -0.937. The molecule has 2 aromatic carbocycles. The number of hydrogen-bond acceptors (Lipinski definition) is 4. The van der Waals surface area contributed by atoms with Gasteiger partial charge in [-0.25, -0.2) is 4.79 Å². The monoisotopic (exact) mass is 424 g/mol. The van der Waals surface area contributed by atoms with E-state index in [1.165, 1.54) is 0 Å². The van der Waals surface area contributed by atoms with Crippen molar-refractivity contribution in [3.8, 4) is 11.1 Å². The first-order valence-corrected chi connectivity index (χ1v) is 10.5. The fraction of sp³-hybridized carbons (Fsp3) is 0.375. The Balaban J connectivity index is 1.49. The Labute approximate surface area is 181 Å². The number of carbonyl (C=O) groups excluding carboxylic acids is 2. The lowest BCUT2D eigenvalue weighted by atomic mass is 9.98. The Kier molecular flexibility index (Phi) is 7.28. The average Bonchev–Trinajstić information content (AvgIpc) is 3.06. The lowest BCUT2D eigenvalue weighted by Crippen LogP contribution is -2.39. The summed E-state index contributed by atoms with van der Waals surface area (Å²) in [5.41, 5.74) is 4.58. The van der Waals surface area contributed by atoms with E-state index in [1.54, 1.807) is 13.8 Å². The minimum absolute atomic E-state index is 0.0289. The van der Waals surface area contributed by atoms with E-state index >= 15 is 0 Å². The highest BCUT2D eigenvalue weighted by Gasteiger charge is 2.29. The van der Waals surface area contributed by atoms with Crippen LogP contribution in [0.4, 0.5) is 4.79 Å². The van der Waals surface area contributed by atoms with Crippen molar-refractivity contribution < 1.29 is 24.2 Å². The van der Waals surface area contributed by atoms with Crippen LogP contribution < -0.4 is 10.6 Å². The Morgan fingerprint density at radius 1 is 1.03 bits per heavy atom. The fourth-order valence-corrected chi connectivity index (χ4v) is 3.89. The molecular weight excluding hydrogens is 396 g/mol. The second-order valence-electron chi connectivity index (χ2n) is 7.82. The number of carboxylic acid groups (broad SMARTS) is 1. The molecule has 31 heavy (non-hydrogen) atoms. The topological polar surface area (TPSA) is 105 Å². The van der Waals surface area contributed by atoms with Gasteiger partial charge in [0.15, 0.2) is 0 Å². The smallest absolute Gasteiger partial charge is 0.407 e. The summed E-state index contributed by atoms with van der Waals surface area (Å²) in [6.07, 6.45) is -0.109. The van der Waals surface area contributed by atoms with Gasteiger partial charge in [-0.3, -0.25) is 9.59 Å². The van der Waals surface area contributed by atoms with Gasteiger partial charge in [-0.05, 0) is 35.6 Å². The largest absolute Gasteiger partial charge is 0.481 e.